The van der Waals surface area contributed by atoms with Crippen LogP contribution in [0.15, 0.2) is 0 Å². The first-order valence-corrected chi connectivity index (χ1v) is 6.80. The minimum absolute atomic E-state index is 0. The van der Waals surface area contributed by atoms with E-state index in [0.29, 0.717) is 13.0 Å². The van der Waals surface area contributed by atoms with Crippen molar-refractivity contribution in [1.29, 1.82) is 0 Å². The molecule has 20 heavy (non-hydrogen) atoms. The highest BCUT2D eigenvalue weighted by molar-refractivity contribution is 5.85. The van der Waals surface area contributed by atoms with Crippen molar-refractivity contribution in [3.05, 3.63) is 0 Å². The van der Waals surface area contributed by atoms with Gasteiger partial charge in [0.1, 0.15) is 0 Å². The smallest absolute Gasteiger partial charge is 0.220 e. The maximum Gasteiger partial charge on any atom is 0.220 e. The maximum atomic E-state index is 11.7. The fourth-order valence-electron chi connectivity index (χ4n) is 2.11. The number of carbonyl (C=O) groups is 1. The van der Waals surface area contributed by atoms with Gasteiger partial charge in [0.25, 0.3) is 0 Å². The van der Waals surface area contributed by atoms with Gasteiger partial charge >= 0.3 is 0 Å². The van der Waals surface area contributed by atoms with Gasteiger partial charge in [0, 0.05) is 31.6 Å². The van der Waals surface area contributed by atoms with Gasteiger partial charge in [-0.25, -0.2) is 0 Å². The molecule has 1 aliphatic heterocycles. The fourth-order valence-corrected chi connectivity index (χ4v) is 2.11. The second-order valence-electron chi connectivity index (χ2n) is 5.40. The molecule has 0 aromatic heterocycles. The zero-order valence-corrected chi connectivity index (χ0v) is 14.4. The van der Waals surface area contributed by atoms with E-state index in [1.807, 2.05) is 7.05 Å². The summed E-state index contributed by atoms with van der Waals surface area (Å²) in [6.45, 7) is 9.41. The van der Waals surface area contributed by atoms with E-state index < -0.39 is 0 Å². The summed E-state index contributed by atoms with van der Waals surface area (Å²) in [6.07, 6.45) is 1.49. The summed E-state index contributed by atoms with van der Waals surface area (Å²) < 4.78 is 5.35. The Kier molecular flexibility index (Phi) is 12.9. The van der Waals surface area contributed by atoms with Crippen LogP contribution in [0.3, 0.4) is 0 Å². The first-order valence-electron chi connectivity index (χ1n) is 6.80. The van der Waals surface area contributed by atoms with Gasteiger partial charge in [-0.15, -0.1) is 24.8 Å². The Balaban J connectivity index is 0. The van der Waals surface area contributed by atoms with Gasteiger partial charge in [-0.05, 0) is 33.9 Å². The predicted octanol–water partition coefficient (Wildman–Crippen LogP) is 1.06. The summed E-state index contributed by atoms with van der Waals surface area (Å²) in [5.41, 5.74) is 0.00243. The number of amides is 1. The van der Waals surface area contributed by atoms with E-state index in [9.17, 15) is 4.79 Å². The average Bonchev–Trinajstić information content (AvgIpc) is 2.38. The highest BCUT2D eigenvalue weighted by Crippen LogP contribution is 2.15. The molecule has 0 aliphatic carbocycles. The monoisotopic (exact) mass is 329 g/mol. The zero-order chi connectivity index (χ0) is 13.4. The summed E-state index contributed by atoms with van der Waals surface area (Å²) in [7, 11) is 1.90. The van der Waals surface area contributed by atoms with E-state index >= 15 is 0 Å². The predicted molar refractivity (Wildman–Crippen MR) is 87.1 cm³/mol. The molecule has 0 unspecified atom stereocenters. The van der Waals surface area contributed by atoms with E-state index in [0.717, 1.165) is 39.3 Å². The minimum Gasteiger partial charge on any atom is -0.379 e. The van der Waals surface area contributed by atoms with Crippen LogP contribution >= 0.6 is 24.8 Å². The number of hydrogen-bond acceptors (Lipinski definition) is 4. The summed E-state index contributed by atoms with van der Waals surface area (Å²) in [5, 5.41) is 6.07. The van der Waals surface area contributed by atoms with Crippen LogP contribution < -0.4 is 10.6 Å². The standard InChI is InChI=1S/C13H27N3O2.2ClH/c1-13(2,16-7-9-18-10-8-16)11-15-12(17)5-4-6-14-3;;/h14H,4-11H2,1-3H3,(H,15,17);2*1H. The summed E-state index contributed by atoms with van der Waals surface area (Å²) in [6, 6.07) is 0. The summed E-state index contributed by atoms with van der Waals surface area (Å²) >= 11 is 0. The second kappa shape index (κ2) is 11.6. The lowest BCUT2D eigenvalue weighted by Gasteiger charge is -2.40. The van der Waals surface area contributed by atoms with Gasteiger partial charge in [-0.1, -0.05) is 0 Å². The lowest BCUT2D eigenvalue weighted by Crippen LogP contribution is -2.55. The lowest BCUT2D eigenvalue weighted by molar-refractivity contribution is -0.122. The number of carbonyl (C=O) groups excluding carboxylic acids is 1. The third kappa shape index (κ3) is 8.27. The van der Waals surface area contributed by atoms with Gasteiger partial charge in [-0.3, -0.25) is 9.69 Å². The largest absolute Gasteiger partial charge is 0.379 e. The number of rotatable bonds is 7. The number of morpholine rings is 1. The number of nitrogens with one attached hydrogen (secondary N) is 2. The molecule has 1 saturated heterocycles. The van der Waals surface area contributed by atoms with Crippen LogP contribution in [-0.2, 0) is 9.53 Å². The van der Waals surface area contributed by atoms with E-state index in [2.05, 4.69) is 29.4 Å². The summed E-state index contributed by atoms with van der Waals surface area (Å²) in [4.78, 5) is 14.0. The maximum absolute atomic E-state index is 11.7. The van der Waals surface area contributed by atoms with Crippen molar-refractivity contribution in [3.63, 3.8) is 0 Å². The molecule has 0 saturated carbocycles. The molecule has 0 aromatic rings. The second-order valence-corrected chi connectivity index (χ2v) is 5.40. The van der Waals surface area contributed by atoms with Crippen LogP contribution in [0.1, 0.15) is 26.7 Å². The fraction of sp³-hybridized carbons (Fsp3) is 0.923. The van der Waals surface area contributed by atoms with E-state index in [-0.39, 0.29) is 36.3 Å². The van der Waals surface area contributed by atoms with Gasteiger partial charge in [0.05, 0.1) is 13.2 Å². The van der Waals surface area contributed by atoms with Crippen molar-refractivity contribution in [3.8, 4) is 0 Å². The van der Waals surface area contributed by atoms with E-state index in [1.54, 1.807) is 0 Å². The Morgan fingerprint density at radius 3 is 2.40 bits per heavy atom. The van der Waals surface area contributed by atoms with Gasteiger partial charge in [0.2, 0.25) is 5.91 Å². The van der Waals surface area contributed by atoms with Gasteiger partial charge in [-0.2, -0.15) is 0 Å². The van der Waals surface area contributed by atoms with Crippen LogP contribution in [0.5, 0.6) is 0 Å². The van der Waals surface area contributed by atoms with E-state index in [1.165, 1.54) is 0 Å². The van der Waals surface area contributed by atoms with Crippen LogP contribution in [-0.4, -0.2) is 62.8 Å². The Morgan fingerprint density at radius 1 is 1.25 bits per heavy atom. The number of ether oxygens (including phenoxy) is 1. The molecule has 2 N–H and O–H groups in total. The molecular formula is C13H29Cl2N3O2. The van der Waals surface area contributed by atoms with Crippen molar-refractivity contribution in [2.45, 2.75) is 32.2 Å². The molecular weight excluding hydrogens is 301 g/mol. The molecule has 1 heterocycles. The Labute approximate surface area is 135 Å². The minimum atomic E-state index is 0. The molecule has 1 fully saturated rings. The highest BCUT2D eigenvalue weighted by Gasteiger charge is 2.28. The Bertz CT molecular complexity index is 260. The molecule has 122 valence electrons. The van der Waals surface area contributed by atoms with Crippen molar-refractivity contribution in [2.75, 3.05) is 46.4 Å². The molecule has 0 spiro atoms. The van der Waals surface area contributed by atoms with Crippen LogP contribution in [0.4, 0.5) is 0 Å². The molecule has 1 aliphatic rings. The molecule has 0 radical (unpaired) electrons. The third-order valence-corrected chi connectivity index (χ3v) is 3.42. The van der Waals surface area contributed by atoms with Crippen molar-refractivity contribution in [2.24, 2.45) is 0 Å². The average molecular weight is 330 g/mol. The van der Waals surface area contributed by atoms with E-state index in [4.69, 9.17) is 4.74 Å². The molecule has 7 heteroatoms. The first kappa shape index (κ1) is 22.2. The molecule has 0 aromatic carbocycles. The molecule has 0 bridgehead atoms. The van der Waals surface area contributed by atoms with Gasteiger partial charge in [0.15, 0.2) is 0 Å². The lowest BCUT2D eigenvalue weighted by atomic mass is 10.0. The van der Waals surface area contributed by atoms with Crippen molar-refractivity contribution in [1.82, 2.24) is 15.5 Å². The highest BCUT2D eigenvalue weighted by atomic mass is 35.5. The third-order valence-electron chi connectivity index (χ3n) is 3.42. The Morgan fingerprint density at radius 2 is 1.85 bits per heavy atom. The van der Waals surface area contributed by atoms with Crippen molar-refractivity contribution >= 4 is 30.7 Å². The zero-order valence-electron chi connectivity index (χ0n) is 12.7. The van der Waals surface area contributed by atoms with Gasteiger partial charge < -0.3 is 15.4 Å². The quantitative estimate of drug-likeness (QED) is 0.686. The number of nitrogens with zero attached hydrogens (tertiary/aromatic N) is 1. The normalized spacial score (nSPS) is 15.9. The molecule has 0 atom stereocenters. The number of halogens is 2. The first-order chi connectivity index (χ1) is 8.56. The summed E-state index contributed by atoms with van der Waals surface area (Å²) in [5.74, 6) is 0.145. The Hall–Kier alpha value is -0.0700. The van der Waals surface area contributed by atoms with Crippen LogP contribution in [0.2, 0.25) is 0 Å². The molecule has 5 nitrogen and oxygen atoms in total. The SMILES string of the molecule is CNCCCC(=O)NCC(C)(C)N1CCOCC1.Cl.Cl. The van der Waals surface area contributed by atoms with Crippen LogP contribution in [0, 0.1) is 0 Å². The van der Waals surface area contributed by atoms with Crippen molar-refractivity contribution < 1.29 is 9.53 Å². The topological polar surface area (TPSA) is 53.6 Å². The molecule has 1 rings (SSSR count). The van der Waals surface area contributed by atoms with Crippen LogP contribution in [0.25, 0.3) is 0 Å². The molecule has 1 amide bonds. The number of hydrogen-bond donors (Lipinski definition) is 2.